The number of carbonyl (C=O) groups excluding carboxylic acids is 1. The Kier molecular flexibility index (Phi) is 27.2. The van der Waals surface area contributed by atoms with Gasteiger partial charge in [0.25, 0.3) is 0 Å². The summed E-state index contributed by atoms with van der Waals surface area (Å²) in [5, 5.41) is 9.00. The normalized spacial score (nSPS) is 12.3. The van der Waals surface area contributed by atoms with Crippen LogP contribution in [0.2, 0.25) is 0 Å². The minimum atomic E-state index is -0.966. The van der Waals surface area contributed by atoms with Gasteiger partial charge in [-0.3, -0.25) is 9.59 Å². The maximum atomic E-state index is 12.0. The number of allylic oxidation sites excluding steroid dienone is 1. The highest BCUT2D eigenvalue weighted by molar-refractivity contribution is 5.80. The second-order valence-electron chi connectivity index (χ2n) is 10.7. The van der Waals surface area contributed by atoms with E-state index in [4.69, 9.17) is 9.84 Å². The number of unbranched alkanes of at least 4 members (excludes halogenated alkanes) is 21. The largest absolute Gasteiger partial charge is 0.481 e. The third kappa shape index (κ3) is 25.8. The molecule has 0 radical (unpaired) electrons. The molecular formula is C32H60O4. The summed E-state index contributed by atoms with van der Waals surface area (Å²) in [7, 11) is 0. The minimum Gasteiger partial charge on any atom is -0.481 e. The van der Waals surface area contributed by atoms with Gasteiger partial charge in [-0.2, -0.15) is 0 Å². The summed E-state index contributed by atoms with van der Waals surface area (Å²) in [5.74, 6) is -2.05. The van der Waals surface area contributed by atoms with Crippen LogP contribution in [-0.2, 0) is 14.3 Å². The number of rotatable bonds is 28. The number of carboxylic acids is 1. The maximum absolute atomic E-state index is 12.0. The van der Waals surface area contributed by atoms with E-state index in [1.165, 1.54) is 128 Å². The van der Waals surface area contributed by atoms with Crippen LogP contribution in [0.1, 0.15) is 168 Å². The second kappa shape index (κ2) is 28.3. The number of hydrogen-bond donors (Lipinski definition) is 1. The first-order chi connectivity index (χ1) is 17.6. The molecule has 0 fully saturated rings. The van der Waals surface area contributed by atoms with E-state index < -0.39 is 17.9 Å². The van der Waals surface area contributed by atoms with Crippen LogP contribution in [0.15, 0.2) is 12.2 Å². The van der Waals surface area contributed by atoms with Gasteiger partial charge >= 0.3 is 11.9 Å². The lowest BCUT2D eigenvalue weighted by atomic mass is 10.0. The second-order valence-corrected chi connectivity index (χ2v) is 10.7. The molecule has 0 aliphatic rings. The molecule has 212 valence electrons. The van der Waals surface area contributed by atoms with Crippen LogP contribution in [-0.4, -0.2) is 23.7 Å². The topological polar surface area (TPSA) is 63.6 Å². The van der Waals surface area contributed by atoms with E-state index in [0.29, 0.717) is 6.61 Å². The molecule has 0 saturated heterocycles. The summed E-state index contributed by atoms with van der Waals surface area (Å²) in [6.45, 7) is 4.56. The average Bonchev–Trinajstić information content (AvgIpc) is 2.86. The molecule has 0 amide bonds. The molecule has 0 aromatic rings. The zero-order chi connectivity index (χ0) is 26.5. The summed E-state index contributed by atoms with van der Waals surface area (Å²) >= 11 is 0. The monoisotopic (exact) mass is 508 g/mol. The van der Waals surface area contributed by atoms with Crippen molar-refractivity contribution in [3.05, 3.63) is 12.2 Å². The van der Waals surface area contributed by atoms with E-state index in [0.717, 1.165) is 19.3 Å². The van der Waals surface area contributed by atoms with Crippen LogP contribution >= 0.6 is 0 Å². The van der Waals surface area contributed by atoms with Gasteiger partial charge in [0.05, 0.1) is 18.9 Å². The van der Waals surface area contributed by atoms with Crippen LogP contribution in [0.25, 0.3) is 0 Å². The summed E-state index contributed by atoms with van der Waals surface area (Å²) in [6, 6.07) is 0. The quantitative estimate of drug-likeness (QED) is 0.0648. The summed E-state index contributed by atoms with van der Waals surface area (Å²) in [5.41, 5.74) is 0. The van der Waals surface area contributed by atoms with Crippen LogP contribution < -0.4 is 0 Å². The Morgan fingerprint density at radius 3 is 1.36 bits per heavy atom. The fourth-order valence-corrected chi connectivity index (χ4v) is 4.68. The Labute approximate surface area is 224 Å². The molecule has 0 spiro atoms. The van der Waals surface area contributed by atoms with Gasteiger partial charge in [-0.25, -0.2) is 0 Å². The smallest absolute Gasteiger partial charge is 0.313 e. The molecular weight excluding hydrogens is 448 g/mol. The van der Waals surface area contributed by atoms with Crippen molar-refractivity contribution in [1.82, 2.24) is 0 Å². The minimum absolute atomic E-state index is 0.196. The van der Waals surface area contributed by atoms with E-state index in [1.807, 2.05) is 13.0 Å². The molecule has 1 unspecified atom stereocenters. The van der Waals surface area contributed by atoms with Crippen molar-refractivity contribution in [2.24, 2.45) is 5.92 Å². The standard InChI is InChI=1S/C32H60O4/c1-3-5-6-7-8-9-10-11-12-13-14-15-16-17-18-19-20-21-22-23-24-25-26-27-30(29-31(33)34)32(35)36-28-4-2/h26-27,30H,3-25,28-29H2,1-2H3,(H,33,34)/b27-26+. The summed E-state index contributed by atoms with van der Waals surface area (Å²) in [4.78, 5) is 22.9. The SMILES string of the molecule is CCCCCCCCCCCCCCCCCCCCCCC/C=C/C(CC(=O)O)C(=O)OCCC. The van der Waals surface area contributed by atoms with Gasteiger partial charge < -0.3 is 9.84 Å². The molecule has 1 N–H and O–H groups in total. The molecule has 4 heteroatoms. The average molecular weight is 509 g/mol. The first-order valence-electron chi connectivity index (χ1n) is 15.7. The number of carbonyl (C=O) groups is 2. The van der Waals surface area contributed by atoms with Gasteiger partial charge in [-0.15, -0.1) is 0 Å². The molecule has 0 aliphatic carbocycles. The zero-order valence-electron chi connectivity index (χ0n) is 24.1. The predicted molar refractivity (Wildman–Crippen MR) is 153 cm³/mol. The van der Waals surface area contributed by atoms with Gasteiger partial charge in [-0.05, 0) is 19.3 Å². The summed E-state index contributed by atoms with van der Waals surface area (Å²) in [6.07, 6.45) is 34.1. The zero-order valence-corrected chi connectivity index (χ0v) is 24.1. The van der Waals surface area contributed by atoms with Crippen LogP contribution in [0.4, 0.5) is 0 Å². The van der Waals surface area contributed by atoms with Crippen molar-refractivity contribution in [1.29, 1.82) is 0 Å². The highest BCUT2D eigenvalue weighted by atomic mass is 16.5. The predicted octanol–water partition coefficient (Wildman–Crippen LogP) is 10.2. The van der Waals surface area contributed by atoms with Gasteiger partial charge in [-0.1, -0.05) is 154 Å². The highest BCUT2D eigenvalue weighted by Crippen LogP contribution is 2.16. The lowest BCUT2D eigenvalue weighted by Gasteiger charge is -2.09. The number of hydrogen-bond acceptors (Lipinski definition) is 3. The summed E-state index contributed by atoms with van der Waals surface area (Å²) < 4.78 is 5.10. The van der Waals surface area contributed by atoms with Crippen LogP contribution in [0.3, 0.4) is 0 Å². The fourth-order valence-electron chi connectivity index (χ4n) is 4.68. The number of aliphatic carboxylic acids is 1. The Morgan fingerprint density at radius 2 is 1.00 bits per heavy atom. The van der Waals surface area contributed by atoms with Crippen molar-refractivity contribution in [2.45, 2.75) is 168 Å². The van der Waals surface area contributed by atoms with Gasteiger partial charge in [0.1, 0.15) is 0 Å². The van der Waals surface area contributed by atoms with Crippen molar-refractivity contribution in [3.8, 4) is 0 Å². The molecule has 0 aliphatic heterocycles. The van der Waals surface area contributed by atoms with E-state index >= 15 is 0 Å². The van der Waals surface area contributed by atoms with E-state index in [-0.39, 0.29) is 6.42 Å². The molecule has 0 aromatic heterocycles. The highest BCUT2D eigenvalue weighted by Gasteiger charge is 2.20. The maximum Gasteiger partial charge on any atom is 0.313 e. The van der Waals surface area contributed by atoms with Crippen molar-refractivity contribution >= 4 is 11.9 Å². The van der Waals surface area contributed by atoms with Gasteiger partial charge in [0, 0.05) is 0 Å². The first-order valence-corrected chi connectivity index (χ1v) is 15.7. The van der Waals surface area contributed by atoms with Crippen molar-refractivity contribution in [3.63, 3.8) is 0 Å². The molecule has 1 atom stereocenters. The van der Waals surface area contributed by atoms with Gasteiger partial charge in [0.2, 0.25) is 0 Å². The third-order valence-corrected chi connectivity index (χ3v) is 6.99. The van der Waals surface area contributed by atoms with E-state index in [9.17, 15) is 9.59 Å². The molecule has 0 saturated carbocycles. The molecule has 0 bridgehead atoms. The Balaban J connectivity index is 3.41. The van der Waals surface area contributed by atoms with Gasteiger partial charge in [0.15, 0.2) is 0 Å². The van der Waals surface area contributed by atoms with Crippen LogP contribution in [0, 0.1) is 5.92 Å². The van der Waals surface area contributed by atoms with E-state index in [2.05, 4.69) is 6.92 Å². The Morgan fingerprint density at radius 1 is 0.611 bits per heavy atom. The van der Waals surface area contributed by atoms with Crippen molar-refractivity contribution in [2.75, 3.05) is 6.61 Å². The number of carboxylic acid groups (broad SMARTS) is 1. The Bertz CT molecular complexity index is 514. The molecule has 4 nitrogen and oxygen atoms in total. The molecule has 36 heavy (non-hydrogen) atoms. The molecule has 0 heterocycles. The van der Waals surface area contributed by atoms with E-state index in [1.54, 1.807) is 6.08 Å². The lowest BCUT2D eigenvalue weighted by Crippen LogP contribution is -2.19. The fraction of sp³-hybridized carbons (Fsp3) is 0.875. The van der Waals surface area contributed by atoms with Crippen LogP contribution in [0.5, 0.6) is 0 Å². The molecule has 0 aromatic carbocycles. The molecule has 0 rings (SSSR count). The number of esters is 1. The third-order valence-electron chi connectivity index (χ3n) is 6.99. The first kappa shape index (κ1) is 34.7. The van der Waals surface area contributed by atoms with Crippen molar-refractivity contribution < 1.29 is 19.4 Å². The Hall–Kier alpha value is -1.32. The lowest BCUT2D eigenvalue weighted by molar-refractivity contribution is -0.151. The number of ether oxygens (including phenoxy) is 1.